The van der Waals surface area contributed by atoms with E-state index in [1.807, 2.05) is 0 Å². The summed E-state index contributed by atoms with van der Waals surface area (Å²) >= 11 is 0. The molecule has 0 aliphatic carbocycles. The summed E-state index contributed by atoms with van der Waals surface area (Å²) in [6, 6.07) is 0. The van der Waals surface area contributed by atoms with Gasteiger partial charge in [0.15, 0.2) is 0 Å². The molecule has 0 heterocycles. The van der Waals surface area contributed by atoms with Gasteiger partial charge in [-0.1, -0.05) is 53.4 Å². The number of unbranched alkanes of at least 4 members (excludes halogenated alkanes) is 1. The fourth-order valence-corrected chi connectivity index (χ4v) is 1.21. The lowest BCUT2D eigenvalue weighted by Gasteiger charge is -2.17. The molecule has 0 aromatic carbocycles. The first-order valence-electron chi connectivity index (χ1n) is 4.72. The Morgan fingerprint density at radius 2 is 1.60 bits per heavy atom. The SMILES string of the molecule is CCCC[C@H](C)[C@H](C)CC. The van der Waals surface area contributed by atoms with E-state index in [1.165, 1.54) is 25.7 Å². The highest BCUT2D eigenvalue weighted by Gasteiger charge is 2.08. The monoisotopic (exact) mass is 142 g/mol. The van der Waals surface area contributed by atoms with Crippen molar-refractivity contribution in [2.45, 2.75) is 53.4 Å². The maximum absolute atomic E-state index is 2.38. The topological polar surface area (TPSA) is 0 Å². The van der Waals surface area contributed by atoms with E-state index < -0.39 is 0 Å². The molecule has 0 aliphatic heterocycles. The van der Waals surface area contributed by atoms with Crippen LogP contribution in [0.4, 0.5) is 0 Å². The molecule has 0 rings (SSSR count). The third-order valence-corrected chi connectivity index (χ3v) is 2.63. The van der Waals surface area contributed by atoms with Crippen molar-refractivity contribution >= 4 is 0 Å². The molecule has 0 radical (unpaired) electrons. The second-order valence-corrected chi connectivity index (χ2v) is 3.51. The number of hydrogen-bond acceptors (Lipinski definition) is 0. The lowest BCUT2D eigenvalue weighted by atomic mass is 9.89. The Bertz CT molecular complexity index is 66.4. The van der Waals surface area contributed by atoms with Crippen LogP contribution in [0.15, 0.2) is 0 Å². The minimum absolute atomic E-state index is 0.923. The average Bonchev–Trinajstić information content (AvgIpc) is 1.98. The van der Waals surface area contributed by atoms with Crippen LogP contribution in [0.5, 0.6) is 0 Å². The summed E-state index contributed by atoms with van der Waals surface area (Å²) in [5.41, 5.74) is 0. The van der Waals surface area contributed by atoms with Crippen LogP contribution in [-0.4, -0.2) is 0 Å². The predicted molar refractivity (Wildman–Crippen MR) is 48.1 cm³/mol. The van der Waals surface area contributed by atoms with Crippen molar-refractivity contribution in [2.75, 3.05) is 0 Å². The predicted octanol–water partition coefficient (Wildman–Crippen LogP) is 3.86. The van der Waals surface area contributed by atoms with Gasteiger partial charge in [0.2, 0.25) is 0 Å². The third kappa shape index (κ3) is 3.92. The van der Waals surface area contributed by atoms with Gasteiger partial charge >= 0.3 is 0 Å². The van der Waals surface area contributed by atoms with Gasteiger partial charge in [-0.25, -0.2) is 0 Å². The van der Waals surface area contributed by atoms with Gasteiger partial charge in [-0.15, -0.1) is 0 Å². The quantitative estimate of drug-likeness (QED) is 0.547. The number of rotatable bonds is 5. The largest absolute Gasteiger partial charge is 0.0654 e. The van der Waals surface area contributed by atoms with Gasteiger partial charge in [0.25, 0.3) is 0 Å². The van der Waals surface area contributed by atoms with Crippen LogP contribution >= 0.6 is 0 Å². The lowest BCUT2D eigenvalue weighted by Crippen LogP contribution is -2.06. The van der Waals surface area contributed by atoms with Gasteiger partial charge in [0.05, 0.1) is 0 Å². The summed E-state index contributed by atoms with van der Waals surface area (Å²) < 4.78 is 0. The van der Waals surface area contributed by atoms with Crippen molar-refractivity contribution in [1.82, 2.24) is 0 Å². The highest BCUT2D eigenvalue weighted by Crippen LogP contribution is 2.19. The second-order valence-electron chi connectivity index (χ2n) is 3.51. The van der Waals surface area contributed by atoms with Crippen molar-refractivity contribution in [1.29, 1.82) is 0 Å². The second kappa shape index (κ2) is 5.76. The minimum atomic E-state index is 0.923. The molecular formula is C10H22. The van der Waals surface area contributed by atoms with Gasteiger partial charge in [0, 0.05) is 0 Å². The molecular weight excluding hydrogens is 120 g/mol. The third-order valence-electron chi connectivity index (χ3n) is 2.63. The molecule has 0 N–H and O–H groups in total. The first-order chi connectivity index (χ1) is 4.72. The van der Waals surface area contributed by atoms with E-state index in [2.05, 4.69) is 27.7 Å². The Labute approximate surface area is 66.0 Å². The Hall–Kier alpha value is 0. The molecule has 0 spiro atoms. The molecule has 0 unspecified atom stereocenters. The zero-order valence-electron chi connectivity index (χ0n) is 7.98. The Morgan fingerprint density at radius 3 is 2.00 bits per heavy atom. The molecule has 0 heteroatoms. The van der Waals surface area contributed by atoms with Gasteiger partial charge in [-0.2, -0.15) is 0 Å². The molecule has 0 saturated carbocycles. The van der Waals surface area contributed by atoms with E-state index in [-0.39, 0.29) is 0 Å². The van der Waals surface area contributed by atoms with Crippen LogP contribution in [0.2, 0.25) is 0 Å². The maximum Gasteiger partial charge on any atom is -0.0417 e. The highest BCUT2D eigenvalue weighted by molar-refractivity contribution is 4.59. The lowest BCUT2D eigenvalue weighted by molar-refractivity contribution is 0.346. The van der Waals surface area contributed by atoms with Crippen LogP contribution in [0, 0.1) is 11.8 Å². The summed E-state index contributed by atoms with van der Waals surface area (Å²) in [5, 5.41) is 0. The van der Waals surface area contributed by atoms with Gasteiger partial charge < -0.3 is 0 Å². The molecule has 0 fully saturated rings. The first-order valence-corrected chi connectivity index (χ1v) is 4.72. The minimum Gasteiger partial charge on any atom is -0.0654 e. The molecule has 10 heavy (non-hydrogen) atoms. The molecule has 0 saturated heterocycles. The average molecular weight is 142 g/mol. The van der Waals surface area contributed by atoms with Crippen LogP contribution in [0.1, 0.15) is 53.4 Å². The van der Waals surface area contributed by atoms with Crippen molar-refractivity contribution < 1.29 is 0 Å². The summed E-state index contributed by atoms with van der Waals surface area (Å²) in [7, 11) is 0. The summed E-state index contributed by atoms with van der Waals surface area (Å²) in [5.74, 6) is 1.86. The fourth-order valence-electron chi connectivity index (χ4n) is 1.21. The molecule has 0 amide bonds. The van der Waals surface area contributed by atoms with E-state index in [0.29, 0.717) is 0 Å². The molecule has 0 bridgehead atoms. The molecule has 0 aliphatic rings. The Balaban J connectivity index is 3.31. The zero-order chi connectivity index (χ0) is 7.98. The van der Waals surface area contributed by atoms with Gasteiger partial charge in [-0.05, 0) is 11.8 Å². The van der Waals surface area contributed by atoms with E-state index in [9.17, 15) is 0 Å². The van der Waals surface area contributed by atoms with Crippen molar-refractivity contribution in [3.8, 4) is 0 Å². The van der Waals surface area contributed by atoms with E-state index >= 15 is 0 Å². The van der Waals surface area contributed by atoms with E-state index in [0.717, 1.165) is 11.8 Å². The standard InChI is InChI=1S/C10H22/c1-5-7-8-10(4)9(3)6-2/h9-10H,5-8H2,1-4H3/t9-,10+/m1/s1. The van der Waals surface area contributed by atoms with Crippen LogP contribution < -0.4 is 0 Å². The summed E-state index contributed by atoms with van der Waals surface area (Å²) in [6.07, 6.45) is 5.52. The summed E-state index contributed by atoms with van der Waals surface area (Å²) in [4.78, 5) is 0. The van der Waals surface area contributed by atoms with Gasteiger partial charge in [0.1, 0.15) is 0 Å². The normalized spacial score (nSPS) is 16.8. The molecule has 0 aromatic rings. The van der Waals surface area contributed by atoms with Crippen LogP contribution in [0.3, 0.4) is 0 Å². The molecule has 2 atom stereocenters. The first kappa shape index (κ1) is 10.0. The fraction of sp³-hybridized carbons (Fsp3) is 1.00. The zero-order valence-corrected chi connectivity index (χ0v) is 7.98. The van der Waals surface area contributed by atoms with E-state index in [1.54, 1.807) is 0 Å². The number of hydrogen-bond donors (Lipinski definition) is 0. The van der Waals surface area contributed by atoms with Crippen LogP contribution in [-0.2, 0) is 0 Å². The Morgan fingerprint density at radius 1 is 1.00 bits per heavy atom. The van der Waals surface area contributed by atoms with Crippen molar-refractivity contribution in [3.05, 3.63) is 0 Å². The van der Waals surface area contributed by atoms with Crippen molar-refractivity contribution in [2.24, 2.45) is 11.8 Å². The molecule has 0 nitrogen and oxygen atoms in total. The maximum atomic E-state index is 2.38. The smallest absolute Gasteiger partial charge is 0.0417 e. The molecule has 0 aromatic heterocycles. The van der Waals surface area contributed by atoms with Crippen LogP contribution in [0.25, 0.3) is 0 Å². The van der Waals surface area contributed by atoms with E-state index in [4.69, 9.17) is 0 Å². The Kier molecular flexibility index (Phi) is 5.76. The van der Waals surface area contributed by atoms with Gasteiger partial charge in [-0.3, -0.25) is 0 Å². The van der Waals surface area contributed by atoms with Crippen molar-refractivity contribution in [3.63, 3.8) is 0 Å². The molecule has 62 valence electrons. The highest BCUT2D eigenvalue weighted by atomic mass is 14.1. The summed E-state index contributed by atoms with van der Waals surface area (Å²) in [6.45, 7) is 9.29.